The number of rotatable bonds is 9. The predicted molar refractivity (Wildman–Crippen MR) is 156 cm³/mol. The highest BCUT2D eigenvalue weighted by molar-refractivity contribution is 5.93. The van der Waals surface area contributed by atoms with Gasteiger partial charge in [-0.2, -0.15) is 0 Å². The molecule has 40 heavy (non-hydrogen) atoms. The van der Waals surface area contributed by atoms with Crippen LogP contribution in [0.2, 0.25) is 0 Å². The zero-order chi connectivity index (χ0) is 28.7. The molecule has 4 aromatic rings. The molecule has 0 saturated carbocycles. The van der Waals surface area contributed by atoms with Crippen LogP contribution in [0.4, 0.5) is 10.7 Å². The summed E-state index contributed by atoms with van der Waals surface area (Å²) in [5.41, 5.74) is 2.74. The zero-order valence-corrected chi connectivity index (χ0v) is 23.5. The first-order chi connectivity index (χ1) is 19.2. The molecule has 9 nitrogen and oxygen atoms in total. The second kappa shape index (κ2) is 12.4. The van der Waals surface area contributed by atoms with E-state index in [0.717, 1.165) is 11.1 Å². The van der Waals surface area contributed by atoms with Crippen LogP contribution in [0.3, 0.4) is 0 Å². The molecule has 0 bridgehead atoms. The fourth-order valence-electron chi connectivity index (χ4n) is 4.13. The Hall–Kier alpha value is -4.79. The number of carbonyl (C=O) groups excluding carboxylic acids is 2. The summed E-state index contributed by atoms with van der Waals surface area (Å²) in [5.74, 6) is 1.06. The van der Waals surface area contributed by atoms with Gasteiger partial charge in [-0.05, 0) is 38.5 Å². The minimum absolute atomic E-state index is 0.170. The first-order valence-electron chi connectivity index (χ1n) is 12.9. The normalized spacial score (nSPS) is 11.0. The van der Waals surface area contributed by atoms with Gasteiger partial charge in [-0.1, -0.05) is 60.7 Å². The first kappa shape index (κ1) is 28.2. The van der Waals surface area contributed by atoms with Crippen LogP contribution in [-0.2, 0) is 11.3 Å². The Morgan fingerprint density at radius 3 is 2.17 bits per heavy atom. The van der Waals surface area contributed by atoms with Crippen LogP contribution in [0.1, 0.15) is 26.3 Å². The number of ether oxygens (including phenoxy) is 2. The molecule has 0 atom stereocenters. The van der Waals surface area contributed by atoms with E-state index in [2.05, 4.69) is 10.6 Å². The van der Waals surface area contributed by atoms with Gasteiger partial charge < -0.3 is 19.7 Å². The predicted octanol–water partition coefficient (Wildman–Crippen LogP) is 5.51. The zero-order valence-electron chi connectivity index (χ0n) is 23.5. The fraction of sp³-hybridized carbons (Fsp3) is 0.258. The molecule has 9 heteroatoms. The Labute approximate surface area is 234 Å². The van der Waals surface area contributed by atoms with Gasteiger partial charge in [0.25, 0.3) is 0 Å². The number of anilines is 1. The van der Waals surface area contributed by atoms with E-state index >= 15 is 0 Å². The molecule has 0 aliphatic heterocycles. The fourth-order valence-corrected chi connectivity index (χ4v) is 4.13. The minimum atomic E-state index is -0.462. The minimum Gasteiger partial charge on any atom is -0.493 e. The molecular formula is C31H35N5O4. The number of benzene rings is 3. The molecule has 2 N–H and O–H groups in total. The van der Waals surface area contributed by atoms with Gasteiger partial charge in [-0.3, -0.25) is 14.7 Å². The van der Waals surface area contributed by atoms with Gasteiger partial charge in [-0.15, -0.1) is 0 Å². The summed E-state index contributed by atoms with van der Waals surface area (Å²) in [4.78, 5) is 32.8. The summed E-state index contributed by atoms with van der Waals surface area (Å²) in [6.07, 6.45) is 1.85. The Balaban J connectivity index is 1.65. The molecule has 1 heterocycles. The highest BCUT2D eigenvalue weighted by Crippen LogP contribution is 2.31. The topological polar surface area (TPSA) is 97.7 Å². The van der Waals surface area contributed by atoms with Gasteiger partial charge in [-0.25, -0.2) is 9.78 Å². The van der Waals surface area contributed by atoms with Crippen molar-refractivity contribution in [2.75, 3.05) is 26.1 Å². The van der Waals surface area contributed by atoms with E-state index in [4.69, 9.17) is 14.5 Å². The highest BCUT2D eigenvalue weighted by Gasteiger charge is 2.23. The maximum absolute atomic E-state index is 13.4. The van der Waals surface area contributed by atoms with Crippen molar-refractivity contribution in [2.24, 2.45) is 0 Å². The maximum atomic E-state index is 13.4. The van der Waals surface area contributed by atoms with Crippen molar-refractivity contribution in [3.8, 4) is 28.4 Å². The maximum Gasteiger partial charge on any atom is 0.318 e. The van der Waals surface area contributed by atoms with Crippen molar-refractivity contribution >= 4 is 17.9 Å². The second-order valence-electron chi connectivity index (χ2n) is 10.3. The molecule has 3 amide bonds. The van der Waals surface area contributed by atoms with E-state index in [-0.39, 0.29) is 25.0 Å². The highest BCUT2D eigenvalue weighted by atomic mass is 16.5. The number of nitrogens with zero attached hydrogens (tertiary/aromatic N) is 3. The number of hydrogen-bond acceptors (Lipinski definition) is 5. The SMILES string of the molecule is COc1ccc(-n2cc(-c3ccccc3)nc2NC(=O)CN(Cc2ccccc2)C(=O)NC(C)(C)C)cc1OC. The van der Waals surface area contributed by atoms with Crippen LogP contribution in [0, 0.1) is 0 Å². The van der Waals surface area contributed by atoms with Gasteiger partial charge >= 0.3 is 6.03 Å². The lowest BCUT2D eigenvalue weighted by Crippen LogP contribution is -2.50. The number of nitrogens with one attached hydrogen (secondary N) is 2. The molecule has 208 valence electrons. The third-order valence-corrected chi connectivity index (χ3v) is 5.99. The largest absolute Gasteiger partial charge is 0.493 e. The smallest absolute Gasteiger partial charge is 0.318 e. The summed E-state index contributed by atoms with van der Waals surface area (Å²) in [6, 6.07) is 24.4. The Morgan fingerprint density at radius 2 is 1.55 bits per heavy atom. The van der Waals surface area contributed by atoms with Gasteiger partial charge in [0.1, 0.15) is 6.54 Å². The van der Waals surface area contributed by atoms with Crippen LogP contribution in [0.25, 0.3) is 16.9 Å². The monoisotopic (exact) mass is 541 g/mol. The van der Waals surface area contributed by atoms with Crippen LogP contribution < -0.4 is 20.1 Å². The molecule has 0 unspecified atom stereocenters. The summed E-state index contributed by atoms with van der Waals surface area (Å²) in [5, 5.41) is 5.87. The van der Waals surface area contributed by atoms with Crippen LogP contribution in [-0.4, -0.2) is 52.7 Å². The van der Waals surface area contributed by atoms with Crippen molar-refractivity contribution in [3.05, 3.63) is 90.6 Å². The third kappa shape index (κ3) is 7.19. The van der Waals surface area contributed by atoms with Gasteiger partial charge in [0.2, 0.25) is 11.9 Å². The quantitative estimate of drug-likeness (QED) is 0.291. The van der Waals surface area contributed by atoms with Crippen molar-refractivity contribution in [3.63, 3.8) is 0 Å². The lowest BCUT2D eigenvalue weighted by atomic mass is 10.1. The van der Waals surface area contributed by atoms with E-state index in [9.17, 15) is 9.59 Å². The summed E-state index contributed by atoms with van der Waals surface area (Å²) in [7, 11) is 3.14. The van der Waals surface area contributed by atoms with Crippen molar-refractivity contribution in [1.82, 2.24) is 19.8 Å². The Morgan fingerprint density at radius 1 is 0.900 bits per heavy atom. The van der Waals surface area contributed by atoms with Crippen LogP contribution >= 0.6 is 0 Å². The van der Waals surface area contributed by atoms with E-state index in [1.165, 1.54) is 4.90 Å². The molecule has 4 rings (SSSR count). The molecular weight excluding hydrogens is 506 g/mol. The van der Waals surface area contributed by atoms with Crippen molar-refractivity contribution in [1.29, 1.82) is 0 Å². The summed E-state index contributed by atoms with van der Waals surface area (Å²) < 4.78 is 12.6. The standard InChI is InChI=1S/C31H35N5O4/c1-31(2,3)34-30(38)35(19-22-12-8-6-9-13-22)21-28(37)33-29-32-25(23-14-10-7-11-15-23)20-36(29)24-16-17-26(39-4)27(18-24)40-5/h6-18,20H,19,21H2,1-5H3,(H,34,38)(H,32,33,37). The number of aromatic nitrogens is 2. The number of amides is 3. The Bertz CT molecular complexity index is 1450. The van der Waals surface area contributed by atoms with E-state index in [1.807, 2.05) is 99.8 Å². The van der Waals surface area contributed by atoms with Crippen molar-refractivity contribution < 1.29 is 19.1 Å². The van der Waals surface area contributed by atoms with Crippen LogP contribution in [0.15, 0.2) is 85.1 Å². The first-order valence-corrected chi connectivity index (χ1v) is 12.9. The van der Waals surface area contributed by atoms with Crippen molar-refractivity contribution in [2.45, 2.75) is 32.9 Å². The lowest BCUT2D eigenvalue weighted by Gasteiger charge is -2.28. The number of hydrogen-bond donors (Lipinski definition) is 2. The van der Waals surface area contributed by atoms with E-state index in [1.54, 1.807) is 24.9 Å². The second-order valence-corrected chi connectivity index (χ2v) is 10.3. The number of carbonyl (C=O) groups is 2. The summed E-state index contributed by atoms with van der Waals surface area (Å²) in [6.45, 7) is 5.80. The van der Waals surface area contributed by atoms with Gasteiger partial charge in [0.05, 0.1) is 25.6 Å². The Kier molecular flexibility index (Phi) is 8.73. The molecule has 0 fully saturated rings. The molecule has 3 aromatic carbocycles. The summed E-state index contributed by atoms with van der Waals surface area (Å²) >= 11 is 0. The average molecular weight is 542 g/mol. The van der Waals surface area contributed by atoms with E-state index < -0.39 is 5.54 Å². The lowest BCUT2D eigenvalue weighted by molar-refractivity contribution is -0.117. The number of methoxy groups -OCH3 is 2. The number of urea groups is 1. The molecule has 0 aliphatic carbocycles. The third-order valence-electron chi connectivity index (χ3n) is 5.99. The van der Waals surface area contributed by atoms with Gasteiger partial charge in [0, 0.05) is 29.9 Å². The average Bonchev–Trinajstić information content (AvgIpc) is 3.36. The van der Waals surface area contributed by atoms with Crippen LogP contribution in [0.5, 0.6) is 11.5 Å². The molecule has 0 saturated heterocycles. The molecule has 0 spiro atoms. The van der Waals surface area contributed by atoms with Gasteiger partial charge in [0.15, 0.2) is 11.5 Å². The number of imidazole rings is 1. The molecule has 1 aromatic heterocycles. The molecule has 0 radical (unpaired) electrons. The van der Waals surface area contributed by atoms with E-state index in [0.29, 0.717) is 28.8 Å². The molecule has 0 aliphatic rings.